The number of anilines is 1. The Morgan fingerprint density at radius 3 is 2.50 bits per heavy atom. The van der Waals surface area contributed by atoms with E-state index in [1.165, 1.54) is 13.4 Å². The quantitative estimate of drug-likeness (QED) is 0.393. The van der Waals surface area contributed by atoms with Gasteiger partial charge in [-0.2, -0.15) is 18.3 Å². The van der Waals surface area contributed by atoms with Crippen LogP contribution in [0.2, 0.25) is 0 Å². The van der Waals surface area contributed by atoms with Gasteiger partial charge in [-0.3, -0.25) is 9.48 Å². The molecule has 1 saturated carbocycles. The number of carbonyl (C=O) groups is 1. The third-order valence-corrected chi connectivity index (χ3v) is 8.62. The van der Waals surface area contributed by atoms with E-state index in [0.717, 1.165) is 12.8 Å². The van der Waals surface area contributed by atoms with E-state index in [1.807, 2.05) is 6.92 Å². The molecule has 9 nitrogen and oxygen atoms in total. The largest absolute Gasteiger partial charge is 0.496 e. The molecule has 13 heteroatoms. The van der Waals surface area contributed by atoms with Crippen LogP contribution in [0.15, 0.2) is 12.3 Å². The third-order valence-electron chi connectivity index (χ3n) is 6.94. The normalized spacial score (nSPS) is 18.3. The van der Waals surface area contributed by atoms with Crippen LogP contribution in [0.5, 0.6) is 5.75 Å². The highest BCUT2D eigenvalue weighted by atomic mass is 32.2. The first-order valence-corrected chi connectivity index (χ1v) is 14.7. The zero-order valence-electron chi connectivity index (χ0n) is 22.2. The van der Waals surface area contributed by atoms with Crippen molar-refractivity contribution in [3.63, 3.8) is 0 Å². The Morgan fingerprint density at radius 2 is 1.92 bits per heavy atom. The number of rotatable bonds is 11. The molecular weight excluding hydrogens is 523 g/mol. The Bertz CT molecular complexity index is 1220. The summed E-state index contributed by atoms with van der Waals surface area (Å²) in [7, 11) is -1.55. The number of halogens is 3. The molecule has 2 aromatic heterocycles. The fourth-order valence-corrected chi connectivity index (χ4v) is 5.94. The van der Waals surface area contributed by atoms with Gasteiger partial charge in [0.15, 0.2) is 5.69 Å². The summed E-state index contributed by atoms with van der Waals surface area (Å²) in [5.41, 5.74) is 2.21. The van der Waals surface area contributed by atoms with E-state index in [1.54, 1.807) is 23.9 Å². The predicted octanol–water partition coefficient (Wildman–Crippen LogP) is 4.37. The molecule has 0 atom stereocenters. The van der Waals surface area contributed by atoms with Gasteiger partial charge in [0.2, 0.25) is 0 Å². The topological polar surface area (TPSA) is 115 Å². The minimum Gasteiger partial charge on any atom is -0.496 e. The third kappa shape index (κ3) is 7.61. The first-order valence-electron chi connectivity index (χ1n) is 12.7. The molecule has 2 heterocycles. The smallest absolute Gasteiger partial charge is 0.389 e. The molecule has 1 amide bonds. The molecule has 38 heavy (non-hydrogen) atoms. The van der Waals surface area contributed by atoms with Crippen LogP contribution < -0.4 is 15.4 Å². The second-order valence-electron chi connectivity index (χ2n) is 9.74. The van der Waals surface area contributed by atoms with E-state index in [2.05, 4.69) is 20.7 Å². The highest BCUT2D eigenvalue weighted by molar-refractivity contribution is 7.91. The van der Waals surface area contributed by atoms with Crippen molar-refractivity contribution in [2.45, 2.75) is 70.3 Å². The summed E-state index contributed by atoms with van der Waals surface area (Å²) in [4.78, 5) is 17.4. The summed E-state index contributed by atoms with van der Waals surface area (Å²) in [5.74, 6) is 0.740. The minimum absolute atomic E-state index is 0.0748. The second kappa shape index (κ2) is 12.4. The van der Waals surface area contributed by atoms with Crippen LogP contribution in [-0.2, 0) is 16.4 Å². The van der Waals surface area contributed by atoms with Gasteiger partial charge >= 0.3 is 6.18 Å². The van der Waals surface area contributed by atoms with Crippen molar-refractivity contribution in [2.24, 2.45) is 5.92 Å². The number of pyridine rings is 1. The number of hydrogen-bond acceptors (Lipinski definition) is 7. The van der Waals surface area contributed by atoms with Gasteiger partial charge in [-0.1, -0.05) is 0 Å². The Balaban J connectivity index is 1.70. The molecule has 1 aliphatic carbocycles. The lowest BCUT2D eigenvalue weighted by atomic mass is 9.89. The average Bonchev–Trinajstić information content (AvgIpc) is 3.20. The van der Waals surface area contributed by atoms with E-state index in [0.29, 0.717) is 54.3 Å². The van der Waals surface area contributed by atoms with Gasteiger partial charge in [-0.05, 0) is 51.9 Å². The number of aryl methyl sites for hydroxylation is 1. The molecule has 1 fully saturated rings. The molecule has 1 aliphatic rings. The fourth-order valence-electron chi connectivity index (χ4n) is 4.81. The number of alkyl halides is 3. The van der Waals surface area contributed by atoms with Crippen LogP contribution in [0.3, 0.4) is 0 Å². The standard InChI is InChI=1S/C25H36F3N5O4S/c1-5-33-23(19-15-30-21(13-20(19)37-3)29-12-6-11-25(26,27)28)16(2)22(32-33)24(34)31-14-17-7-9-18(10-8-17)38(4,35)36/h13,15,17-18H,5-12,14H2,1-4H3,(H,29,30)(H,31,34)/t17-,18-. The van der Waals surface area contributed by atoms with E-state index in [-0.39, 0.29) is 35.7 Å². The molecule has 0 unspecified atom stereocenters. The lowest BCUT2D eigenvalue weighted by molar-refractivity contribution is -0.134. The highest BCUT2D eigenvalue weighted by Crippen LogP contribution is 2.35. The average molecular weight is 560 g/mol. The van der Waals surface area contributed by atoms with Crippen LogP contribution in [0.4, 0.5) is 19.0 Å². The number of sulfone groups is 1. The van der Waals surface area contributed by atoms with E-state index in [9.17, 15) is 26.4 Å². The second-order valence-corrected chi connectivity index (χ2v) is 12.1. The summed E-state index contributed by atoms with van der Waals surface area (Å²) in [6.07, 6.45) is 0.372. The van der Waals surface area contributed by atoms with Crippen molar-refractivity contribution < 1.29 is 31.1 Å². The first kappa shape index (κ1) is 29.7. The fraction of sp³-hybridized carbons (Fsp3) is 0.640. The number of amides is 1. The van der Waals surface area contributed by atoms with Gasteiger partial charge in [-0.15, -0.1) is 0 Å². The number of carbonyl (C=O) groups excluding carboxylic acids is 1. The van der Waals surface area contributed by atoms with Crippen LogP contribution in [-0.4, -0.2) is 67.0 Å². The summed E-state index contributed by atoms with van der Waals surface area (Å²) in [6.45, 7) is 4.74. The number of nitrogens with one attached hydrogen (secondary N) is 2. The maximum Gasteiger partial charge on any atom is 0.389 e. The molecule has 0 radical (unpaired) electrons. The molecule has 2 N–H and O–H groups in total. The molecule has 212 valence electrons. The van der Waals surface area contributed by atoms with Crippen LogP contribution in [0.1, 0.15) is 61.5 Å². The molecular formula is C25H36F3N5O4S. The van der Waals surface area contributed by atoms with Crippen molar-refractivity contribution in [3.8, 4) is 17.0 Å². The lowest BCUT2D eigenvalue weighted by Gasteiger charge is -2.27. The molecule has 0 spiro atoms. The van der Waals surface area contributed by atoms with Crippen molar-refractivity contribution >= 4 is 21.6 Å². The van der Waals surface area contributed by atoms with Gasteiger partial charge in [0.05, 0.1) is 23.6 Å². The van der Waals surface area contributed by atoms with Crippen LogP contribution in [0.25, 0.3) is 11.3 Å². The summed E-state index contributed by atoms with van der Waals surface area (Å²) in [6, 6.07) is 1.61. The van der Waals surface area contributed by atoms with Gasteiger partial charge in [-0.25, -0.2) is 13.4 Å². The Hall–Kier alpha value is -2.83. The highest BCUT2D eigenvalue weighted by Gasteiger charge is 2.29. The molecule has 3 rings (SSSR count). The number of nitrogens with zero attached hydrogens (tertiary/aromatic N) is 3. The Kier molecular flexibility index (Phi) is 9.66. The van der Waals surface area contributed by atoms with Crippen LogP contribution >= 0.6 is 0 Å². The maximum absolute atomic E-state index is 13.1. The summed E-state index contributed by atoms with van der Waals surface area (Å²) in [5, 5.41) is 10.1. The maximum atomic E-state index is 13.1. The Morgan fingerprint density at radius 1 is 1.24 bits per heavy atom. The summed E-state index contributed by atoms with van der Waals surface area (Å²) >= 11 is 0. The molecule has 0 saturated heterocycles. The molecule has 2 aromatic rings. The molecule has 0 aromatic carbocycles. The monoisotopic (exact) mass is 559 g/mol. The van der Waals surface area contributed by atoms with E-state index < -0.39 is 22.4 Å². The number of ether oxygens (including phenoxy) is 1. The number of aromatic nitrogens is 3. The van der Waals surface area contributed by atoms with Gasteiger partial charge < -0.3 is 15.4 Å². The van der Waals surface area contributed by atoms with E-state index in [4.69, 9.17) is 4.74 Å². The van der Waals surface area contributed by atoms with Crippen molar-refractivity contribution in [3.05, 3.63) is 23.5 Å². The zero-order chi connectivity index (χ0) is 28.1. The Labute approximate surface area is 221 Å². The van der Waals surface area contributed by atoms with Gasteiger partial charge in [0.25, 0.3) is 5.91 Å². The van der Waals surface area contributed by atoms with Gasteiger partial charge in [0, 0.05) is 50.1 Å². The first-order chi connectivity index (χ1) is 17.8. The number of methoxy groups -OCH3 is 1. The van der Waals surface area contributed by atoms with E-state index >= 15 is 0 Å². The van der Waals surface area contributed by atoms with Gasteiger partial charge in [0.1, 0.15) is 21.4 Å². The minimum atomic E-state index is -4.20. The zero-order valence-corrected chi connectivity index (χ0v) is 23.0. The van der Waals surface area contributed by atoms with Crippen LogP contribution in [0, 0.1) is 12.8 Å². The van der Waals surface area contributed by atoms with Crippen molar-refractivity contribution in [1.29, 1.82) is 0 Å². The molecule has 0 bridgehead atoms. The lowest BCUT2D eigenvalue weighted by Crippen LogP contribution is -2.34. The predicted molar refractivity (Wildman–Crippen MR) is 139 cm³/mol. The SMILES string of the molecule is CCn1nc(C(=O)NC[C@H]2CC[C@H](S(C)(=O)=O)CC2)c(C)c1-c1cnc(NCCCC(F)(F)F)cc1OC. The van der Waals surface area contributed by atoms with Crippen molar-refractivity contribution in [2.75, 3.05) is 31.8 Å². The molecule has 0 aliphatic heterocycles. The summed E-state index contributed by atoms with van der Waals surface area (Å²) < 4.78 is 68.0. The van der Waals surface area contributed by atoms with Crippen molar-refractivity contribution in [1.82, 2.24) is 20.1 Å². The number of hydrogen-bond donors (Lipinski definition) is 2.